The summed E-state index contributed by atoms with van der Waals surface area (Å²) in [4.78, 5) is 11.5. The fourth-order valence-electron chi connectivity index (χ4n) is 1.12. The summed E-state index contributed by atoms with van der Waals surface area (Å²) in [6.45, 7) is 0. The van der Waals surface area contributed by atoms with Gasteiger partial charge in [-0.1, -0.05) is 6.07 Å². The molecular weight excluding hydrogens is 264 g/mol. The van der Waals surface area contributed by atoms with Crippen molar-refractivity contribution in [2.24, 2.45) is 0 Å². The molecule has 0 atom stereocenters. The molecular formula is C10H11BrO2S. The fourth-order valence-corrected chi connectivity index (χ4v) is 2.49. The Morgan fingerprint density at radius 3 is 2.79 bits per heavy atom. The molecule has 0 saturated heterocycles. The predicted molar refractivity (Wildman–Crippen MR) is 61.9 cm³/mol. The Morgan fingerprint density at radius 1 is 1.57 bits per heavy atom. The lowest BCUT2D eigenvalue weighted by Crippen LogP contribution is -1.97. The van der Waals surface area contributed by atoms with Gasteiger partial charge in [-0.3, -0.25) is 4.79 Å². The lowest BCUT2D eigenvalue weighted by molar-refractivity contribution is -0.136. The molecule has 0 aliphatic rings. The normalized spacial score (nSPS) is 10.1. The molecule has 0 saturated carbocycles. The van der Waals surface area contributed by atoms with Crippen LogP contribution in [-0.2, 0) is 11.2 Å². The average Bonchev–Trinajstić information content (AvgIpc) is 2.15. The summed E-state index contributed by atoms with van der Waals surface area (Å²) in [5, 5.41) is 8.53. The first-order valence-corrected chi connectivity index (χ1v) is 6.19. The molecule has 1 N–H and O–H groups in total. The topological polar surface area (TPSA) is 37.3 Å². The zero-order valence-electron chi connectivity index (χ0n) is 7.79. The van der Waals surface area contributed by atoms with Crippen molar-refractivity contribution in [1.82, 2.24) is 0 Å². The molecule has 0 bridgehead atoms. The van der Waals surface area contributed by atoms with E-state index in [1.54, 1.807) is 11.8 Å². The highest BCUT2D eigenvalue weighted by Crippen LogP contribution is 2.26. The molecule has 76 valence electrons. The van der Waals surface area contributed by atoms with E-state index in [1.165, 1.54) is 4.90 Å². The number of benzene rings is 1. The molecule has 0 aromatic heterocycles. The molecule has 1 aromatic carbocycles. The van der Waals surface area contributed by atoms with Crippen molar-refractivity contribution < 1.29 is 9.90 Å². The van der Waals surface area contributed by atoms with E-state index in [4.69, 9.17) is 5.11 Å². The van der Waals surface area contributed by atoms with E-state index in [1.807, 2.05) is 24.5 Å². The maximum absolute atomic E-state index is 10.4. The number of aryl methyl sites for hydroxylation is 1. The number of hydrogen-bond donors (Lipinski definition) is 1. The van der Waals surface area contributed by atoms with Crippen LogP contribution in [0.5, 0.6) is 0 Å². The highest BCUT2D eigenvalue weighted by atomic mass is 79.9. The predicted octanol–water partition coefficient (Wildman–Crippen LogP) is 3.19. The largest absolute Gasteiger partial charge is 0.481 e. The number of halogens is 1. The summed E-state index contributed by atoms with van der Waals surface area (Å²) in [6.07, 6.45) is 2.78. The first-order valence-electron chi connectivity index (χ1n) is 4.17. The third-order valence-electron chi connectivity index (χ3n) is 1.84. The maximum atomic E-state index is 10.4. The van der Waals surface area contributed by atoms with Crippen molar-refractivity contribution in [3.63, 3.8) is 0 Å². The maximum Gasteiger partial charge on any atom is 0.303 e. The zero-order chi connectivity index (χ0) is 10.6. The Hall–Kier alpha value is -0.480. The van der Waals surface area contributed by atoms with E-state index >= 15 is 0 Å². The minimum absolute atomic E-state index is 0.186. The Labute approximate surface area is 95.8 Å². The standard InChI is InChI=1S/C10H11BrO2S/c1-14-9-4-2-7(6-8(9)11)3-5-10(12)13/h2,4,6H,3,5H2,1H3,(H,12,13). The molecule has 1 rings (SSSR count). The van der Waals surface area contributed by atoms with E-state index in [9.17, 15) is 4.79 Å². The summed E-state index contributed by atoms with van der Waals surface area (Å²) in [5.74, 6) is -0.755. The Bertz CT molecular complexity index is 339. The van der Waals surface area contributed by atoms with Crippen LogP contribution >= 0.6 is 27.7 Å². The summed E-state index contributed by atoms with van der Waals surface area (Å²) in [6, 6.07) is 5.96. The number of carboxylic acid groups (broad SMARTS) is 1. The quantitative estimate of drug-likeness (QED) is 0.857. The molecule has 0 fully saturated rings. The van der Waals surface area contributed by atoms with Gasteiger partial charge in [-0.2, -0.15) is 0 Å². The minimum Gasteiger partial charge on any atom is -0.481 e. The molecule has 4 heteroatoms. The van der Waals surface area contributed by atoms with Crippen LogP contribution in [0.3, 0.4) is 0 Å². The number of carboxylic acids is 1. The van der Waals surface area contributed by atoms with Crippen molar-refractivity contribution in [1.29, 1.82) is 0 Å². The lowest BCUT2D eigenvalue weighted by atomic mass is 10.1. The van der Waals surface area contributed by atoms with Crippen LogP contribution in [-0.4, -0.2) is 17.3 Å². The Morgan fingerprint density at radius 2 is 2.29 bits per heavy atom. The van der Waals surface area contributed by atoms with Gasteiger partial charge < -0.3 is 5.11 Å². The monoisotopic (exact) mass is 274 g/mol. The van der Waals surface area contributed by atoms with Gasteiger partial charge in [0.15, 0.2) is 0 Å². The average molecular weight is 275 g/mol. The van der Waals surface area contributed by atoms with E-state index in [2.05, 4.69) is 15.9 Å². The second kappa shape index (κ2) is 5.41. The molecule has 0 spiro atoms. The van der Waals surface area contributed by atoms with Gasteiger partial charge in [-0.05, 0) is 46.3 Å². The lowest BCUT2D eigenvalue weighted by Gasteiger charge is -2.03. The van der Waals surface area contributed by atoms with Gasteiger partial charge in [0.05, 0.1) is 0 Å². The molecule has 0 radical (unpaired) electrons. The zero-order valence-corrected chi connectivity index (χ0v) is 10.2. The number of rotatable bonds is 4. The van der Waals surface area contributed by atoms with Crippen LogP contribution in [0.1, 0.15) is 12.0 Å². The number of thioether (sulfide) groups is 1. The van der Waals surface area contributed by atoms with Crippen molar-refractivity contribution in [3.05, 3.63) is 28.2 Å². The molecule has 0 aliphatic heterocycles. The Kier molecular flexibility index (Phi) is 4.48. The summed E-state index contributed by atoms with van der Waals surface area (Å²) < 4.78 is 1.04. The molecule has 0 unspecified atom stereocenters. The third-order valence-corrected chi connectivity index (χ3v) is 3.56. The van der Waals surface area contributed by atoms with Gasteiger partial charge in [0.2, 0.25) is 0 Å². The molecule has 0 amide bonds. The van der Waals surface area contributed by atoms with Gasteiger partial charge in [0, 0.05) is 15.8 Å². The minimum atomic E-state index is -0.755. The van der Waals surface area contributed by atoms with Gasteiger partial charge in [-0.15, -0.1) is 11.8 Å². The van der Waals surface area contributed by atoms with Crippen LogP contribution in [0.25, 0.3) is 0 Å². The molecule has 1 aromatic rings. The van der Waals surface area contributed by atoms with Crippen molar-refractivity contribution in [2.45, 2.75) is 17.7 Å². The van der Waals surface area contributed by atoms with Crippen LogP contribution in [0.2, 0.25) is 0 Å². The van der Waals surface area contributed by atoms with Crippen LogP contribution in [0.15, 0.2) is 27.6 Å². The van der Waals surface area contributed by atoms with E-state index in [-0.39, 0.29) is 6.42 Å². The number of aliphatic carboxylic acids is 1. The van der Waals surface area contributed by atoms with Crippen molar-refractivity contribution >= 4 is 33.7 Å². The number of carbonyl (C=O) groups is 1. The SMILES string of the molecule is CSc1ccc(CCC(=O)O)cc1Br. The second-order valence-corrected chi connectivity index (χ2v) is 4.57. The number of hydrogen-bond acceptors (Lipinski definition) is 2. The van der Waals surface area contributed by atoms with Crippen molar-refractivity contribution in [2.75, 3.05) is 6.26 Å². The van der Waals surface area contributed by atoms with E-state index < -0.39 is 5.97 Å². The third kappa shape index (κ3) is 3.35. The fraction of sp³-hybridized carbons (Fsp3) is 0.300. The molecule has 2 nitrogen and oxygen atoms in total. The summed E-state index contributed by atoms with van der Waals surface area (Å²) >= 11 is 5.11. The first kappa shape index (κ1) is 11.6. The highest BCUT2D eigenvalue weighted by molar-refractivity contribution is 9.10. The van der Waals surface area contributed by atoms with E-state index in [0.29, 0.717) is 6.42 Å². The molecule has 0 heterocycles. The van der Waals surface area contributed by atoms with Crippen LogP contribution in [0, 0.1) is 0 Å². The van der Waals surface area contributed by atoms with E-state index in [0.717, 1.165) is 10.0 Å². The van der Waals surface area contributed by atoms with Crippen LogP contribution < -0.4 is 0 Å². The van der Waals surface area contributed by atoms with Gasteiger partial charge >= 0.3 is 5.97 Å². The van der Waals surface area contributed by atoms with Gasteiger partial charge in [0.25, 0.3) is 0 Å². The molecule has 0 aliphatic carbocycles. The first-order chi connectivity index (χ1) is 6.63. The van der Waals surface area contributed by atoms with Crippen LogP contribution in [0.4, 0.5) is 0 Å². The summed E-state index contributed by atoms with van der Waals surface area (Å²) in [7, 11) is 0. The van der Waals surface area contributed by atoms with Gasteiger partial charge in [-0.25, -0.2) is 0 Å². The van der Waals surface area contributed by atoms with Gasteiger partial charge in [0.1, 0.15) is 0 Å². The Balaban J connectivity index is 2.71. The molecule has 14 heavy (non-hydrogen) atoms. The summed E-state index contributed by atoms with van der Waals surface area (Å²) in [5.41, 5.74) is 1.05. The second-order valence-electron chi connectivity index (χ2n) is 2.86. The van der Waals surface area contributed by atoms with Crippen molar-refractivity contribution in [3.8, 4) is 0 Å². The highest BCUT2D eigenvalue weighted by Gasteiger charge is 2.02. The smallest absolute Gasteiger partial charge is 0.303 e.